The number of alkyl halides is 3. The fraction of sp³-hybridized carbons (Fsp3) is 0.154. The van der Waals surface area contributed by atoms with Crippen molar-refractivity contribution >= 4 is 21.6 Å². The second kappa shape index (κ2) is 5.32. The highest BCUT2D eigenvalue weighted by Gasteiger charge is 2.31. The van der Waals surface area contributed by atoms with Crippen LogP contribution in [0.1, 0.15) is 11.1 Å². The third-order valence-corrected chi connectivity index (χ3v) is 3.40. The molecule has 7 heteroatoms. The van der Waals surface area contributed by atoms with Crippen LogP contribution < -0.4 is 10.5 Å². The summed E-state index contributed by atoms with van der Waals surface area (Å²) in [6, 6.07) is 4.58. The molecule has 0 aliphatic heterocycles. The van der Waals surface area contributed by atoms with Gasteiger partial charge in [-0.15, -0.1) is 0 Å². The van der Waals surface area contributed by atoms with Gasteiger partial charge in [-0.05, 0) is 46.6 Å². The molecule has 20 heavy (non-hydrogen) atoms. The summed E-state index contributed by atoms with van der Waals surface area (Å²) in [5, 5.41) is 0. The maximum Gasteiger partial charge on any atom is 0.416 e. The first kappa shape index (κ1) is 14.6. The van der Waals surface area contributed by atoms with Gasteiger partial charge in [0.15, 0.2) is 5.75 Å². The largest absolute Gasteiger partial charge is 0.437 e. The minimum absolute atomic E-state index is 0.0952. The molecule has 1 heterocycles. The Morgan fingerprint density at radius 1 is 1.25 bits per heavy atom. The fourth-order valence-corrected chi connectivity index (χ4v) is 1.72. The lowest BCUT2D eigenvalue weighted by atomic mass is 10.2. The van der Waals surface area contributed by atoms with Crippen molar-refractivity contribution in [3.05, 3.63) is 46.1 Å². The highest BCUT2D eigenvalue weighted by molar-refractivity contribution is 9.10. The van der Waals surface area contributed by atoms with Crippen molar-refractivity contribution in [3.8, 4) is 11.6 Å². The Labute approximate surface area is 121 Å². The van der Waals surface area contributed by atoms with E-state index in [-0.39, 0.29) is 17.3 Å². The molecule has 0 amide bonds. The predicted octanol–water partition coefficient (Wildman–Crippen LogP) is 4.55. The number of aryl methyl sites for hydroxylation is 1. The van der Waals surface area contributed by atoms with Crippen LogP contribution in [0.3, 0.4) is 0 Å². The van der Waals surface area contributed by atoms with E-state index in [0.29, 0.717) is 0 Å². The van der Waals surface area contributed by atoms with Gasteiger partial charge in [0.2, 0.25) is 5.88 Å². The summed E-state index contributed by atoms with van der Waals surface area (Å²) in [6.45, 7) is 1.84. The highest BCUT2D eigenvalue weighted by Crippen LogP contribution is 2.35. The van der Waals surface area contributed by atoms with Crippen molar-refractivity contribution in [1.82, 2.24) is 4.98 Å². The van der Waals surface area contributed by atoms with Crippen molar-refractivity contribution in [2.24, 2.45) is 0 Å². The third kappa shape index (κ3) is 3.22. The SMILES string of the molecule is Cc1cc(Oc2ccc(C(F)(F)F)cc2N)ncc1Br. The number of benzene rings is 1. The Hall–Kier alpha value is -1.76. The van der Waals surface area contributed by atoms with Gasteiger partial charge in [-0.1, -0.05) is 0 Å². The number of anilines is 1. The van der Waals surface area contributed by atoms with E-state index >= 15 is 0 Å². The Bertz CT molecular complexity index is 644. The number of nitrogens with two attached hydrogens (primary N) is 1. The van der Waals surface area contributed by atoms with Crippen LogP contribution >= 0.6 is 15.9 Å². The molecule has 0 spiro atoms. The first-order valence-corrected chi connectivity index (χ1v) is 6.33. The first-order valence-electron chi connectivity index (χ1n) is 5.54. The average molecular weight is 347 g/mol. The van der Waals surface area contributed by atoms with Crippen LogP contribution in [0.4, 0.5) is 18.9 Å². The first-order chi connectivity index (χ1) is 9.27. The second-order valence-corrected chi connectivity index (χ2v) is 4.98. The van der Waals surface area contributed by atoms with Gasteiger partial charge in [-0.3, -0.25) is 0 Å². The van der Waals surface area contributed by atoms with Crippen LogP contribution in [-0.4, -0.2) is 4.98 Å². The topological polar surface area (TPSA) is 48.1 Å². The second-order valence-electron chi connectivity index (χ2n) is 4.12. The third-order valence-electron chi connectivity index (χ3n) is 2.57. The zero-order chi connectivity index (χ0) is 14.9. The molecule has 0 aliphatic carbocycles. The lowest BCUT2D eigenvalue weighted by Crippen LogP contribution is -2.06. The Balaban J connectivity index is 2.28. The Kier molecular flexibility index (Phi) is 3.89. The summed E-state index contributed by atoms with van der Waals surface area (Å²) < 4.78 is 43.7. The molecule has 1 aromatic heterocycles. The molecule has 0 atom stereocenters. The van der Waals surface area contributed by atoms with Crippen LogP contribution in [0, 0.1) is 6.92 Å². The molecule has 106 valence electrons. The van der Waals surface area contributed by atoms with Gasteiger partial charge >= 0.3 is 6.18 Å². The molecule has 2 rings (SSSR count). The summed E-state index contributed by atoms with van der Waals surface area (Å²) >= 11 is 3.29. The van der Waals surface area contributed by atoms with Gasteiger partial charge in [0, 0.05) is 16.7 Å². The number of pyridine rings is 1. The van der Waals surface area contributed by atoms with Crippen LogP contribution in [0.25, 0.3) is 0 Å². The summed E-state index contributed by atoms with van der Waals surface area (Å²) in [5.41, 5.74) is 5.55. The number of nitrogens with zero attached hydrogens (tertiary/aromatic N) is 1. The Morgan fingerprint density at radius 2 is 1.95 bits per heavy atom. The highest BCUT2D eigenvalue weighted by atomic mass is 79.9. The number of rotatable bonds is 2. The van der Waals surface area contributed by atoms with Crippen LogP contribution in [0.15, 0.2) is 34.9 Å². The predicted molar refractivity (Wildman–Crippen MR) is 72.6 cm³/mol. The number of nitrogen functional groups attached to an aromatic ring is 1. The molecule has 2 N–H and O–H groups in total. The number of halogens is 4. The fourth-order valence-electron chi connectivity index (χ4n) is 1.50. The maximum absolute atomic E-state index is 12.5. The smallest absolute Gasteiger partial charge is 0.416 e. The molecule has 2 aromatic rings. The molecule has 0 bridgehead atoms. The number of hydrogen-bond donors (Lipinski definition) is 1. The minimum atomic E-state index is -4.43. The van der Waals surface area contributed by atoms with Crippen molar-refractivity contribution in [2.45, 2.75) is 13.1 Å². The lowest BCUT2D eigenvalue weighted by molar-refractivity contribution is -0.137. The van der Waals surface area contributed by atoms with Crippen molar-refractivity contribution < 1.29 is 17.9 Å². The molecule has 0 aliphatic rings. The molecule has 0 fully saturated rings. The number of ether oxygens (including phenoxy) is 1. The van der Waals surface area contributed by atoms with Gasteiger partial charge in [0.25, 0.3) is 0 Å². The molecule has 0 unspecified atom stereocenters. The van der Waals surface area contributed by atoms with E-state index in [1.807, 2.05) is 6.92 Å². The average Bonchev–Trinajstić information content (AvgIpc) is 2.35. The zero-order valence-electron chi connectivity index (χ0n) is 10.3. The van der Waals surface area contributed by atoms with Crippen molar-refractivity contribution in [3.63, 3.8) is 0 Å². The molecular formula is C13H10BrF3N2O. The van der Waals surface area contributed by atoms with Crippen LogP contribution in [-0.2, 0) is 6.18 Å². The van der Waals surface area contributed by atoms with E-state index in [1.54, 1.807) is 12.3 Å². The number of hydrogen-bond acceptors (Lipinski definition) is 3. The summed E-state index contributed by atoms with van der Waals surface area (Å²) in [4.78, 5) is 4.00. The Morgan fingerprint density at radius 3 is 2.50 bits per heavy atom. The zero-order valence-corrected chi connectivity index (χ0v) is 11.9. The van der Waals surface area contributed by atoms with E-state index in [1.165, 1.54) is 6.07 Å². The molecule has 0 saturated heterocycles. The van der Waals surface area contributed by atoms with E-state index in [4.69, 9.17) is 10.5 Å². The van der Waals surface area contributed by atoms with Gasteiger partial charge in [0.1, 0.15) is 0 Å². The molecular weight excluding hydrogens is 337 g/mol. The van der Waals surface area contributed by atoms with E-state index in [0.717, 1.165) is 22.2 Å². The summed E-state index contributed by atoms with van der Waals surface area (Å²) in [7, 11) is 0. The molecule has 0 radical (unpaired) electrons. The monoisotopic (exact) mass is 346 g/mol. The van der Waals surface area contributed by atoms with E-state index in [2.05, 4.69) is 20.9 Å². The number of aromatic nitrogens is 1. The van der Waals surface area contributed by atoms with Crippen molar-refractivity contribution in [1.29, 1.82) is 0 Å². The lowest BCUT2D eigenvalue weighted by Gasteiger charge is -2.11. The standard InChI is InChI=1S/C13H10BrF3N2O/c1-7-4-12(19-6-9(7)14)20-11-3-2-8(5-10(11)18)13(15,16)17/h2-6H,18H2,1H3. The van der Waals surface area contributed by atoms with Gasteiger partial charge < -0.3 is 10.5 Å². The van der Waals surface area contributed by atoms with E-state index in [9.17, 15) is 13.2 Å². The van der Waals surface area contributed by atoms with Crippen LogP contribution in [0.2, 0.25) is 0 Å². The van der Waals surface area contributed by atoms with Gasteiger partial charge in [-0.25, -0.2) is 4.98 Å². The minimum Gasteiger partial charge on any atom is -0.437 e. The van der Waals surface area contributed by atoms with Crippen molar-refractivity contribution in [2.75, 3.05) is 5.73 Å². The summed E-state index contributed by atoms with van der Waals surface area (Å²) in [5.74, 6) is 0.393. The normalized spacial score (nSPS) is 11.4. The van der Waals surface area contributed by atoms with Crippen LogP contribution in [0.5, 0.6) is 11.6 Å². The molecule has 3 nitrogen and oxygen atoms in total. The molecule has 1 aromatic carbocycles. The molecule has 0 saturated carbocycles. The maximum atomic E-state index is 12.5. The summed E-state index contributed by atoms with van der Waals surface area (Å²) in [6.07, 6.45) is -2.88. The van der Waals surface area contributed by atoms with Gasteiger partial charge in [-0.2, -0.15) is 13.2 Å². The van der Waals surface area contributed by atoms with Gasteiger partial charge in [0.05, 0.1) is 11.3 Å². The van der Waals surface area contributed by atoms with E-state index < -0.39 is 11.7 Å². The quantitative estimate of drug-likeness (QED) is 0.811.